The van der Waals surface area contributed by atoms with E-state index in [1.54, 1.807) is 0 Å². The first-order valence-electron chi connectivity index (χ1n) is 11.6. The maximum absolute atomic E-state index is 13.1. The predicted octanol–water partition coefficient (Wildman–Crippen LogP) is 2.20. The van der Waals surface area contributed by atoms with Crippen LogP contribution < -0.4 is 5.32 Å². The molecule has 192 valence electrons. The minimum atomic E-state index is -1.45. The first kappa shape index (κ1) is 26.2. The van der Waals surface area contributed by atoms with E-state index in [0.717, 1.165) is 10.5 Å². The van der Waals surface area contributed by atoms with Crippen molar-refractivity contribution in [3.8, 4) is 0 Å². The number of esters is 2. The first-order chi connectivity index (χ1) is 17.3. The lowest BCUT2D eigenvalue weighted by atomic mass is 9.85. The number of carbonyl (C=O) groups excluding carboxylic acids is 3. The molecular formula is C26H29NO8S. The van der Waals surface area contributed by atoms with Crippen LogP contribution in [0.3, 0.4) is 0 Å². The van der Waals surface area contributed by atoms with Crippen molar-refractivity contribution in [1.29, 1.82) is 0 Å². The number of amides is 1. The van der Waals surface area contributed by atoms with E-state index in [4.69, 9.17) is 18.9 Å². The van der Waals surface area contributed by atoms with Gasteiger partial charge in [-0.25, -0.2) is 0 Å². The van der Waals surface area contributed by atoms with Crippen molar-refractivity contribution >= 4 is 29.6 Å². The molecule has 6 atom stereocenters. The second-order valence-electron chi connectivity index (χ2n) is 8.74. The zero-order valence-electron chi connectivity index (χ0n) is 20.0. The van der Waals surface area contributed by atoms with Crippen molar-refractivity contribution < 1.29 is 38.4 Å². The SMILES string of the molecule is CC(=O)O[C@@H]([C@@H]1O[C@]2(Sc3ccccc3)C[C@H](OC(C)=O)[C@H]1NC2=O)[C@H](O)COCc1ccccc1. The van der Waals surface area contributed by atoms with Gasteiger partial charge >= 0.3 is 11.9 Å². The molecular weight excluding hydrogens is 486 g/mol. The zero-order chi connectivity index (χ0) is 25.7. The highest BCUT2D eigenvalue weighted by Crippen LogP contribution is 2.48. The van der Waals surface area contributed by atoms with Gasteiger partial charge in [0.2, 0.25) is 4.93 Å². The third kappa shape index (κ3) is 6.07. The van der Waals surface area contributed by atoms with Crippen LogP contribution in [0.4, 0.5) is 0 Å². The third-order valence-corrected chi connectivity index (χ3v) is 7.23. The van der Waals surface area contributed by atoms with Gasteiger partial charge in [-0.05, 0) is 17.7 Å². The molecule has 3 aliphatic rings. The number of fused-ring (bicyclic) bond motifs is 3. The normalized spacial score (nSPS) is 26.5. The number of nitrogens with one attached hydrogen (secondary N) is 1. The van der Waals surface area contributed by atoms with Gasteiger partial charge in [0.05, 0.1) is 19.3 Å². The number of aliphatic hydroxyl groups is 1. The fourth-order valence-electron chi connectivity index (χ4n) is 4.44. The van der Waals surface area contributed by atoms with Crippen LogP contribution in [-0.2, 0) is 39.9 Å². The Labute approximate surface area is 213 Å². The van der Waals surface area contributed by atoms with Gasteiger partial charge in [0, 0.05) is 25.2 Å². The van der Waals surface area contributed by atoms with Gasteiger partial charge in [0.15, 0.2) is 6.10 Å². The Balaban J connectivity index is 1.57. The van der Waals surface area contributed by atoms with Crippen LogP contribution in [0.25, 0.3) is 0 Å². The lowest BCUT2D eigenvalue weighted by Crippen LogP contribution is -2.75. The van der Waals surface area contributed by atoms with Crippen molar-refractivity contribution in [2.45, 2.75) is 67.2 Å². The summed E-state index contributed by atoms with van der Waals surface area (Å²) in [6.07, 6.45) is -4.08. The van der Waals surface area contributed by atoms with E-state index in [1.165, 1.54) is 25.6 Å². The smallest absolute Gasteiger partial charge is 0.303 e. The molecule has 3 heterocycles. The van der Waals surface area contributed by atoms with Gasteiger partial charge in [-0.15, -0.1) is 0 Å². The molecule has 0 aliphatic carbocycles. The average Bonchev–Trinajstić information content (AvgIpc) is 2.84. The Morgan fingerprint density at radius 1 is 1.11 bits per heavy atom. The summed E-state index contributed by atoms with van der Waals surface area (Å²) in [4.78, 5) is 36.3. The topological polar surface area (TPSA) is 120 Å². The predicted molar refractivity (Wildman–Crippen MR) is 130 cm³/mol. The lowest BCUT2D eigenvalue weighted by molar-refractivity contribution is -0.229. The van der Waals surface area contributed by atoms with Crippen LogP contribution in [0.15, 0.2) is 65.6 Å². The Morgan fingerprint density at radius 2 is 1.78 bits per heavy atom. The van der Waals surface area contributed by atoms with E-state index in [9.17, 15) is 19.5 Å². The highest BCUT2D eigenvalue weighted by molar-refractivity contribution is 8.01. The number of piperidine rings is 1. The quantitative estimate of drug-likeness (QED) is 0.459. The number of rotatable bonds is 10. The molecule has 2 aromatic rings. The van der Waals surface area contributed by atoms with Crippen molar-refractivity contribution in [2.24, 2.45) is 0 Å². The van der Waals surface area contributed by atoms with E-state index in [1.807, 2.05) is 60.7 Å². The van der Waals surface area contributed by atoms with Gasteiger partial charge in [-0.2, -0.15) is 0 Å². The maximum atomic E-state index is 13.1. The Morgan fingerprint density at radius 3 is 2.42 bits per heavy atom. The van der Waals surface area contributed by atoms with Crippen molar-refractivity contribution in [2.75, 3.05) is 6.61 Å². The fraction of sp³-hybridized carbons (Fsp3) is 0.423. The zero-order valence-corrected chi connectivity index (χ0v) is 20.8. The molecule has 0 unspecified atom stereocenters. The number of aliphatic hydroxyl groups excluding tert-OH is 1. The number of benzene rings is 2. The number of carbonyl (C=O) groups is 3. The molecule has 0 saturated carbocycles. The first-order valence-corrected chi connectivity index (χ1v) is 12.5. The van der Waals surface area contributed by atoms with Crippen LogP contribution in [0.1, 0.15) is 25.8 Å². The Bertz CT molecular complexity index is 1070. The molecule has 5 rings (SSSR count). The van der Waals surface area contributed by atoms with Gasteiger partial charge in [-0.3, -0.25) is 14.4 Å². The summed E-state index contributed by atoms with van der Waals surface area (Å²) >= 11 is 1.18. The molecule has 2 bridgehead atoms. The third-order valence-electron chi connectivity index (χ3n) is 5.94. The number of ether oxygens (including phenoxy) is 4. The largest absolute Gasteiger partial charge is 0.460 e. The summed E-state index contributed by atoms with van der Waals surface area (Å²) in [5, 5.41) is 13.9. The molecule has 10 heteroatoms. The van der Waals surface area contributed by atoms with E-state index in [-0.39, 0.29) is 25.5 Å². The van der Waals surface area contributed by atoms with Crippen LogP contribution in [0.5, 0.6) is 0 Å². The summed E-state index contributed by atoms with van der Waals surface area (Å²) in [7, 11) is 0. The molecule has 36 heavy (non-hydrogen) atoms. The maximum Gasteiger partial charge on any atom is 0.303 e. The van der Waals surface area contributed by atoms with Crippen molar-refractivity contribution in [3.05, 3.63) is 66.2 Å². The summed E-state index contributed by atoms with van der Waals surface area (Å²) in [6.45, 7) is 2.61. The number of morpholine rings is 1. The van der Waals surface area contributed by atoms with E-state index in [0.29, 0.717) is 0 Å². The van der Waals surface area contributed by atoms with Crippen LogP contribution in [0.2, 0.25) is 0 Å². The van der Waals surface area contributed by atoms with Gasteiger partial charge < -0.3 is 29.4 Å². The molecule has 9 nitrogen and oxygen atoms in total. The molecule has 0 radical (unpaired) electrons. The molecule has 3 aliphatic heterocycles. The molecule has 0 aromatic heterocycles. The highest BCUT2D eigenvalue weighted by Gasteiger charge is 2.62. The van der Waals surface area contributed by atoms with E-state index in [2.05, 4.69) is 5.32 Å². The number of hydrogen-bond acceptors (Lipinski definition) is 9. The van der Waals surface area contributed by atoms with Crippen LogP contribution >= 0.6 is 11.8 Å². The molecule has 2 aromatic carbocycles. The molecule has 2 N–H and O–H groups in total. The second-order valence-corrected chi connectivity index (χ2v) is 10.1. The average molecular weight is 516 g/mol. The monoisotopic (exact) mass is 515 g/mol. The standard InChI is InChI=1S/C26H29NO8S/c1-16(28)33-21-13-26(36-19-11-7-4-8-12-19)25(31)27-22(21)24(35-26)23(34-17(2)29)20(30)15-32-14-18-9-5-3-6-10-18/h3-12,20-24,30H,13-15H2,1-2H3,(H,27,31)/t20-,21+,22-,23-,24-,26+/m1/s1. The van der Waals surface area contributed by atoms with Crippen LogP contribution in [-0.4, -0.2) is 64.9 Å². The fourth-order valence-corrected chi connectivity index (χ4v) is 5.67. The molecule has 0 spiro atoms. The summed E-state index contributed by atoms with van der Waals surface area (Å²) in [6, 6.07) is 17.8. The second kappa shape index (κ2) is 11.4. The minimum absolute atomic E-state index is 0.104. The molecule has 1 amide bonds. The summed E-state index contributed by atoms with van der Waals surface area (Å²) in [5.74, 6) is -1.53. The van der Waals surface area contributed by atoms with E-state index < -0.39 is 47.3 Å². The van der Waals surface area contributed by atoms with E-state index >= 15 is 0 Å². The molecule has 3 saturated heterocycles. The Kier molecular flexibility index (Phi) is 8.30. The highest BCUT2D eigenvalue weighted by atomic mass is 32.2. The van der Waals surface area contributed by atoms with Gasteiger partial charge in [0.1, 0.15) is 18.3 Å². The summed E-state index contributed by atoms with van der Waals surface area (Å²) in [5.41, 5.74) is 0.919. The van der Waals surface area contributed by atoms with Gasteiger partial charge in [-0.1, -0.05) is 60.3 Å². The number of thioether (sulfide) groups is 1. The van der Waals surface area contributed by atoms with Gasteiger partial charge in [0.25, 0.3) is 5.91 Å². The van der Waals surface area contributed by atoms with Crippen LogP contribution in [0, 0.1) is 0 Å². The number of hydrogen-bond donors (Lipinski definition) is 2. The lowest BCUT2D eigenvalue weighted by Gasteiger charge is -2.53. The van der Waals surface area contributed by atoms with Crippen molar-refractivity contribution in [1.82, 2.24) is 5.32 Å². The minimum Gasteiger partial charge on any atom is -0.460 e. The molecule has 3 fully saturated rings. The summed E-state index contributed by atoms with van der Waals surface area (Å²) < 4.78 is 23.0. The van der Waals surface area contributed by atoms with Crippen molar-refractivity contribution in [3.63, 3.8) is 0 Å². The Hall–Kier alpha value is -2.92.